The van der Waals surface area contributed by atoms with Crippen LogP contribution in [0.1, 0.15) is 43.1 Å². The number of nitrogens with zero attached hydrogens (tertiary/aromatic N) is 4. The van der Waals surface area contributed by atoms with Gasteiger partial charge in [-0.3, -0.25) is 4.79 Å². The molecule has 0 radical (unpaired) electrons. The summed E-state index contributed by atoms with van der Waals surface area (Å²) in [7, 11) is 0. The molecule has 0 saturated carbocycles. The highest BCUT2D eigenvalue weighted by atomic mass is 35.5. The highest BCUT2D eigenvalue weighted by Crippen LogP contribution is 2.28. The standard InChI is InChI=1S/C28H30ClN5O/c1-20-10-7-8-16-33(20)17-9-15-30-28(35)26-18-25(22-13-5-6-14-23(22)29)31-27-19-24(32-34(26)27)21-11-3-2-4-12-21/h2-6,11-14,18-20H,7-10,15-17H2,1H3,(H,30,35)/t20-/m0/s1. The number of halogens is 1. The lowest BCUT2D eigenvalue weighted by Crippen LogP contribution is -2.39. The molecule has 3 heterocycles. The largest absolute Gasteiger partial charge is 0.351 e. The Morgan fingerprint density at radius 1 is 1.06 bits per heavy atom. The maximum absolute atomic E-state index is 13.3. The fourth-order valence-corrected chi connectivity index (χ4v) is 4.99. The molecule has 35 heavy (non-hydrogen) atoms. The second kappa shape index (κ2) is 10.6. The van der Waals surface area contributed by atoms with Crippen LogP contribution in [0.5, 0.6) is 0 Å². The average Bonchev–Trinajstić information content (AvgIpc) is 3.32. The first kappa shape index (κ1) is 23.5. The van der Waals surface area contributed by atoms with Crippen molar-refractivity contribution in [2.45, 2.75) is 38.6 Å². The molecular weight excluding hydrogens is 458 g/mol. The van der Waals surface area contributed by atoms with E-state index in [4.69, 9.17) is 21.7 Å². The molecule has 1 atom stereocenters. The number of benzene rings is 2. The SMILES string of the molecule is C[C@H]1CCCCN1CCCNC(=O)c1cc(-c2ccccc2Cl)nc2cc(-c3ccccc3)nn12. The number of hydrogen-bond acceptors (Lipinski definition) is 4. The summed E-state index contributed by atoms with van der Waals surface area (Å²) in [5.41, 5.74) is 4.22. The lowest BCUT2D eigenvalue weighted by Gasteiger charge is -2.33. The molecule has 2 aromatic heterocycles. The van der Waals surface area contributed by atoms with Crippen molar-refractivity contribution in [3.05, 3.63) is 77.4 Å². The van der Waals surface area contributed by atoms with Crippen LogP contribution in [0.15, 0.2) is 66.7 Å². The maximum atomic E-state index is 13.3. The van der Waals surface area contributed by atoms with Crippen molar-refractivity contribution in [3.8, 4) is 22.5 Å². The Kier molecular flexibility index (Phi) is 7.11. The van der Waals surface area contributed by atoms with E-state index in [0.717, 1.165) is 36.3 Å². The summed E-state index contributed by atoms with van der Waals surface area (Å²) in [5.74, 6) is -0.167. The van der Waals surface area contributed by atoms with Crippen molar-refractivity contribution >= 4 is 23.2 Å². The third kappa shape index (κ3) is 5.24. The first-order chi connectivity index (χ1) is 17.1. The molecule has 1 aliphatic rings. The molecule has 1 aliphatic heterocycles. The zero-order valence-corrected chi connectivity index (χ0v) is 20.7. The van der Waals surface area contributed by atoms with E-state index >= 15 is 0 Å². The Hall–Kier alpha value is -3.22. The van der Waals surface area contributed by atoms with Crippen LogP contribution in [0, 0.1) is 0 Å². The molecule has 1 N–H and O–H groups in total. The van der Waals surface area contributed by atoms with Crippen molar-refractivity contribution in [1.82, 2.24) is 24.8 Å². The number of aromatic nitrogens is 3. The number of fused-ring (bicyclic) bond motifs is 1. The van der Waals surface area contributed by atoms with Gasteiger partial charge in [-0.25, -0.2) is 9.50 Å². The Bertz CT molecular complexity index is 1320. The van der Waals surface area contributed by atoms with Crippen molar-refractivity contribution in [2.75, 3.05) is 19.6 Å². The minimum absolute atomic E-state index is 0.167. The summed E-state index contributed by atoms with van der Waals surface area (Å²) >= 11 is 6.46. The summed E-state index contributed by atoms with van der Waals surface area (Å²) in [6.45, 7) is 5.05. The van der Waals surface area contributed by atoms with Crippen LogP contribution in [-0.4, -0.2) is 51.1 Å². The van der Waals surface area contributed by atoms with Crippen LogP contribution in [0.2, 0.25) is 5.02 Å². The topological polar surface area (TPSA) is 62.5 Å². The number of carbonyl (C=O) groups is 1. The van der Waals surface area contributed by atoms with Gasteiger partial charge in [0.05, 0.1) is 11.4 Å². The fourth-order valence-electron chi connectivity index (χ4n) is 4.76. The number of likely N-dealkylation sites (tertiary alicyclic amines) is 1. The van der Waals surface area contributed by atoms with Gasteiger partial charge >= 0.3 is 0 Å². The second-order valence-corrected chi connectivity index (χ2v) is 9.57. The average molecular weight is 488 g/mol. The van der Waals surface area contributed by atoms with Gasteiger partial charge in [-0.2, -0.15) is 5.10 Å². The smallest absolute Gasteiger partial charge is 0.270 e. The molecule has 0 unspecified atom stereocenters. The number of nitrogens with one attached hydrogen (secondary N) is 1. The molecule has 180 valence electrons. The number of hydrogen-bond donors (Lipinski definition) is 1. The minimum Gasteiger partial charge on any atom is -0.351 e. The molecule has 1 amide bonds. The van der Waals surface area contributed by atoms with Crippen molar-refractivity contribution < 1.29 is 4.79 Å². The van der Waals surface area contributed by atoms with E-state index in [2.05, 4.69) is 17.1 Å². The van der Waals surface area contributed by atoms with E-state index in [1.165, 1.54) is 19.3 Å². The van der Waals surface area contributed by atoms with Crippen LogP contribution in [0.3, 0.4) is 0 Å². The van der Waals surface area contributed by atoms with Crippen LogP contribution in [0.25, 0.3) is 28.2 Å². The van der Waals surface area contributed by atoms with Crippen LogP contribution >= 0.6 is 11.6 Å². The monoisotopic (exact) mass is 487 g/mol. The van der Waals surface area contributed by atoms with Crippen LogP contribution in [-0.2, 0) is 0 Å². The van der Waals surface area contributed by atoms with Crippen molar-refractivity contribution in [1.29, 1.82) is 0 Å². The highest BCUT2D eigenvalue weighted by molar-refractivity contribution is 6.33. The maximum Gasteiger partial charge on any atom is 0.270 e. The van der Waals surface area contributed by atoms with Gasteiger partial charge in [-0.15, -0.1) is 0 Å². The number of rotatable bonds is 7. The van der Waals surface area contributed by atoms with Gasteiger partial charge in [0.15, 0.2) is 5.65 Å². The molecule has 7 heteroatoms. The zero-order chi connectivity index (χ0) is 24.2. The van der Waals surface area contributed by atoms with Gasteiger partial charge in [-0.05, 0) is 44.9 Å². The number of piperidine rings is 1. The predicted molar refractivity (Wildman–Crippen MR) is 141 cm³/mol. The third-order valence-electron chi connectivity index (χ3n) is 6.73. The van der Waals surface area contributed by atoms with Crippen molar-refractivity contribution in [3.63, 3.8) is 0 Å². The zero-order valence-electron chi connectivity index (χ0n) is 20.0. The Morgan fingerprint density at radius 2 is 1.86 bits per heavy atom. The van der Waals surface area contributed by atoms with E-state index in [9.17, 15) is 4.79 Å². The molecule has 0 aliphatic carbocycles. The second-order valence-electron chi connectivity index (χ2n) is 9.16. The van der Waals surface area contributed by atoms with Gasteiger partial charge in [0.1, 0.15) is 5.69 Å². The molecule has 4 aromatic rings. The van der Waals surface area contributed by atoms with Gasteiger partial charge < -0.3 is 10.2 Å². The fraction of sp³-hybridized carbons (Fsp3) is 0.321. The molecule has 0 spiro atoms. The van der Waals surface area contributed by atoms with Gasteiger partial charge in [0, 0.05) is 41.3 Å². The molecule has 2 aromatic carbocycles. The number of carbonyl (C=O) groups excluding carboxylic acids is 1. The highest BCUT2D eigenvalue weighted by Gasteiger charge is 2.19. The summed E-state index contributed by atoms with van der Waals surface area (Å²) < 4.78 is 1.63. The summed E-state index contributed by atoms with van der Waals surface area (Å²) in [4.78, 5) is 20.7. The van der Waals surface area contributed by atoms with E-state index in [-0.39, 0.29) is 5.91 Å². The van der Waals surface area contributed by atoms with Gasteiger partial charge in [-0.1, -0.05) is 66.6 Å². The van der Waals surface area contributed by atoms with E-state index in [1.807, 2.05) is 60.7 Å². The molecule has 5 rings (SSSR count). The van der Waals surface area contributed by atoms with Crippen LogP contribution in [0.4, 0.5) is 0 Å². The van der Waals surface area contributed by atoms with E-state index < -0.39 is 0 Å². The predicted octanol–water partition coefficient (Wildman–Crippen LogP) is 5.71. The van der Waals surface area contributed by atoms with Crippen molar-refractivity contribution in [2.24, 2.45) is 0 Å². The normalized spacial score (nSPS) is 16.5. The first-order valence-electron chi connectivity index (χ1n) is 12.3. The molecular formula is C28H30ClN5O. The molecule has 1 fully saturated rings. The molecule has 0 bridgehead atoms. The van der Waals surface area contributed by atoms with E-state index in [0.29, 0.717) is 34.6 Å². The van der Waals surface area contributed by atoms with E-state index in [1.54, 1.807) is 10.6 Å². The lowest BCUT2D eigenvalue weighted by atomic mass is 10.0. The molecule has 1 saturated heterocycles. The Morgan fingerprint density at radius 3 is 2.66 bits per heavy atom. The van der Waals surface area contributed by atoms with Crippen LogP contribution < -0.4 is 5.32 Å². The summed E-state index contributed by atoms with van der Waals surface area (Å²) in [5, 5.41) is 8.42. The Balaban J connectivity index is 1.42. The molecule has 6 nitrogen and oxygen atoms in total. The number of amides is 1. The Labute approximate surface area is 210 Å². The first-order valence-corrected chi connectivity index (χ1v) is 12.7. The van der Waals surface area contributed by atoms with Gasteiger partial charge in [0.25, 0.3) is 5.91 Å². The summed E-state index contributed by atoms with van der Waals surface area (Å²) in [6, 6.07) is 21.8. The quantitative estimate of drug-likeness (QED) is 0.339. The lowest BCUT2D eigenvalue weighted by molar-refractivity contribution is 0.0941. The van der Waals surface area contributed by atoms with Gasteiger partial charge in [0.2, 0.25) is 0 Å². The minimum atomic E-state index is -0.167. The summed E-state index contributed by atoms with van der Waals surface area (Å²) in [6.07, 6.45) is 4.75. The third-order valence-corrected chi connectivity index (χ3v) is 7.06.